The van der Waals surface area contributed by atoms with Gasteiger partial charge in [-0.3, -0.25) is 9.69 Å². The quantitative estimate of drug-likeness (QED) is 0.184. The van der Waals surface area contributed by atoms with Crippen molar-refractivity contribution in [3.63, 3.8) is 0 Å². The van der Waals surface area contributed by atoms with Crippen LogP contribution in [-0.2, 0) is 18.4 Å². The number of rotatable bonds is 15. The van der Waals surface area contributed by atoms with Crippen LogP contribution in [0.25, 0.3) is 0 Å². The second kappa shape index (κ2) is 14.7. The third-order valence-electron chi connectivity index (χ3n) is 8.63. The molecule has 6 nitrogen and oxygen atoms in total. The van der Waals surface area contributed by atoms with Gasteiger partial charge in [0.15, 0.2) is 0 Å². The lowest BCUT2D eigenvalue weighted by molar-refractivity contribution is 0.00154. The van der Waals surface area contributed by atoms with Crippen molar-refractivity contribution in [1.29, 1.82) is 0 Å². The Morgan fingerprint density at radius 1 is 0.932 bits per heavy atom. The van der Waals surface area contributed by atoms with Gasteiger partial charge in [0.2, 0.25) is 0 Å². The second-order valence-electron chi connectivity index (χ2n) is 12.3. The van der Waals surface area contributed by atoms with Crippen LogP contribution < -0.4 is 5.73 Å². The zero-order valence-corrected chi connectivity index (χ0v) is 26.4. The molecule has 1 amide bonds. The van der Waals surface area contributed by atoms with Gasteiger partial charge >= 0.3 is 0 Å². The van der Waals surface area contributed by atoms with Gasteiger partial charge in [-0.25, -0.2) is 8.78 Å². The van der Waals surface area contributed by atoms with Gasteiger partial charge in [0.05, 0.1) is 11.6 Å². The first-order valence-electron chi connectivity index (χ1n) is 15.8. The van der Waals surface area contributed by atoms with E-state index in [1.54, 1.807) is 11.0 Å². The monoisotopic (exact) mass is 607 g/mol. The Bertz CT molecular complexity index is 1400. The molecule has 1 fully saturated rings. The fraction of sp³-hybridized carbons (Fsp3) is 0.472. The van der Waals surface area contributed by atoms with Gasteiger partial charge < -0.3 is 20.8 Å². The molecule has 0 spiro atoms. The third kappa shape index (κ3) is 7.91. The third-order valence-corrected chi connectivity index (χ3v) is 8.63. The van der Waals surface area contributed by atoms with Crippen LogP contribution in [0, 0.1) is 18.6 Å². The average molecular weight is 608 g/mol. The highest BCUT2D eigenvalue weighted by molar-refractivity contribution is 5.95. The van der Waals surface area contributed by atoms with Crippen LogP contribution in [-0.4, -0.2) is 57.7 Å². The van der Waals surface area contributed by atoms with Crippen molar-refractivity contribution in [2.75, 3.05) is 19.6 Å². The Morgan fingerprint density at radius 3 is 2.18 bits per heavy atom. The topological polar surface area (TPSA) is 90.0 Å². The van der Waals surface area contributed by atoms with Gasteiger partial charge in [-0.15, -0.1) is 0 Å². The molecule has 1 aliphatic carbocycles. The lowest BCUT2D eigenvalue weighted by Gasteiger charge is -2.36. The Kier molecular flexibility index (Phi) is 11.3. The highest BCUT2D eigenvalue weighted by Gasteiger charge is 2.52. The molecule has 8 heteroatoms. The summed E-state index contributed by atoms with van der Waals surface area (Å²) in [5, 5.41) is 22.7. The molecule has 238 valence electrons. The molecule has 0 aliphatic heterocycles. The minimum Gasteiger partial charge on any atom is -0.390 e. The summed E-state index contributed by atoms with van der Waals surface area (Å²) in [6.45, 7) is 9.53. The van der Waals surface area contributed by atoms with Crippen LogP contribution in [0.1, 0.15) is 90.9 Å². The van der Waals surface area contributed by atoms with Gasteiger partial charge in [-0.2, -0.15) is 0 Å². The minimum atomic E-state index is -1.16. The summed E-state index contributed by atoms with van der Waals surface area (Å²) >= 11 is 0. The van der Waals surface area contributed by atoms with E-state index >= 15 is 0 Å². The van der Waals surface area contributed by atoms with E-state index in [1.807, 2.05) is 36.1 Å². The molecule has 0 heterocycles. The van der Waals surface area contributed by atoms with Crippen molar-refractivity contribution in [1.82, 2.24) is 9.80 Å². The largest absolute Gasteiger partial charge is 0.390 e. The van der Waals surface area contributed by atoms with E-state index in [9.17, 15) is 23.8 Å². The summed E-state index contributed by atoms with van der Waals surface area (Å²) in [6.07, 6.45) is 2.12. The first-order valence-corrected chi connectivity index (χ1v) is 15.8. The van der Waals surface area contributed by atoms with Crippen molar-refractivity contribution in [2.24, 2.45) is 5.73 Å². The van der Waals surface area contributed by atoms with Crippen LogP contribution in [0.5, 0.6) is 0 Å². The van der Waals surface area contributed by atoms with E-state index in [4.69, 9.17) is 5.73 Å². The number of halogens is 2. The zero-order valence-electron chi connectivity index (χ0n) is 26.4. The molecule has 3 aromatic rings. The molecule has 1 saturated carbocycles. The lowest BCUT2D eigenvalue weighted by Crippen LogP contribution is -2.50. The Morgan fingerprint density at radius 2 is 1.59 bits per heavy atom. The van der Waals surface area contributed by atoms with Crippen LogP contribution in [0.3, 0.4) is 0 Å². The highest BCUT2D eigenvalue weighted by Crippen LogP contribution is 2.52. The standard InChI is InChI=1S/C36H47F2N3O3/c1-5-13-40(14-6-2)34(43)27-15-24(4)16-28(21-27)35(44)41(36(11-12-36)29-10-8-9-25(7-3)17-29)23-33(42)32(39)20-26-18-30(37)22-31(38)19-26/h8-10,15-19,21-22,32-34,42-43H,5-7,11-14,20,23,39H2,1-4H3/t32-,33+,34?/m0/s1. The summed E-state index contributed by atoms with van der Waals surface area (Å²) in [5.74, 6) is -1.68. The lowest BCUT2D eigenvalue weighted by atomic mass is 9.95. The van der Waals surface area contributed by atoms with Crippen LogP contribution in [0.15, 0.2) is 60.7 Å². The summed E-state index contributed by atoms with van der Waals surface area (Å²) in [7, 11) is 0. The van der Waals surface area contributed by atoms with Crippen LogP contribution in [0.2, 0.25) is 0 Å². The maximum absolute atomic E-state index is 14.5. The number of nitrogens with zero attached hydrogens (tertiary/aromatic N) is 2. The first kappa shape index (κ1) is 33.7. The predicted octanol–water partition coefficient (Wildman–Crippen LogP) is 6.01. The van der Waals surface area contributed by atoms with E-state index in [-0.39, 0.29) is 18.9 Å². The smallest absolute Gasteiger partial charge is 0.254 e. The Hall–Kier alpha value is -3.17. The van der Waals surface area contributed by atoms with Gasteiger partial charge in [0, 0.05) is 37.3 Å². The normalized spacial score (nSPS) is 16.0. The number of nitrogens with two attached hydrogens (primary N) is 1. The van der Waals surface area contributed by atoms with Gasteiger partial charge in [0.1, 0.15) is 17.9 Å². The van der Waals surface area contributed by atoms with Gasteiger partial charge in [0.25, 0.3) is 5.91 Å². The summed E-state index contributed by atoms with van der Waals surface area (Å²) < 4.78 is 27.7. The fourth-order valence-corrected chi connectivity index (χ4v) is 6.21. The molecule has 1 aliphatic rings. The molecule has 1 unspecified atom stereocenters. The molecule has 3 aromatic carbocycles. The predicted molar refractivity (Wildman–Crippen MR) is 170 cm³/mol. The van der Waals surface area contributed by atoms with Crippen molar-refractivity contribution in [2.45, 2.75) is 90.1 Å². The van der Waals surface area contributed by atoms with E-state index in [1.165, 1.54) is 12.1 Å². The molecule has 44 heavy (non-hydrogen) atoms. The molecule has 0 bridgehead atoms. The second-order valence-corrected chi connectivity index (χ2v) is 12.3. The van der Waals surface area contributed by atoms with Crippen molar-refractivity contribution >= 4 is 5.91 Å². The van der Waals surface area contributed by atoms with E-state index < -0.39 is 35.5 Å². The minimum absolute atomic E-state index is 0.0433. The maximum Gasteiger partial charge on any atom is 0.254 e. The van der Waals surface area contributed by atoms with Crippen LogP contribution >= 0.6 is 0 Å². The number of amides is 1. The number of aliphatic hydroxyl groups is 2. The SMILES string of the molecule is CCCN(CCC)C(O)c1cc(C)cc(C(=O)N(C[C@@H](O)[C@@H](N)Cc2cc(F)cc(F)c2)C2(c3cccc(CC)c3)CC2)c1. The van der Waals surface area contributed by atoms with E-state index in [0.717, 1.165) is 68.0 Å². The Balaban J connectivity index is 1.69. The Labute approximate surface area is 260 Å². The van der Waals surface area contributed by atoms with Crippen molar-refractivity contribution < 1.29 is 23.8 Å². The molecule has 3 atom stereocenters. The molecule has 4 N–H and O–H groups in total. The van der Waals surface area contributed by atoms with Gasteiger partial charge in [-0.1, -0.05) is 51.1 Å². The molecule has 0 saturated heterocycles. The first-order chi connectivity index (χ1) is 21.0. The van der Waals surface area contributed by atoms with Gasteiger partial charge in [-0.05, 0) is 97.5 Å². The van der Waals surface area contributed by atoms with Crippen molar-refractivity contribution in [3.05, 3.63) is 106 Å². The van der Waals surface area contributed by atoms with E-state index in [2.05, 4.69) is 32.9 Å². The number of hydrogen-bond acceptors (Lipinski definition) is 5. The van der Waals surface area contributed by atoms with Crippen molar-refractivity contribution in [3.8, 4) is 0 Å². The number of carbonyl (C=O) groups excluding carboxylic acids is 1. The molecule has 0 aromatic heterocycles. The molecule has 0 radical (unpaired) electrons. The number of aryl methyl sites for hydroxylation is 2. The molecule has 4 rings (SSSR count). The number of aliphatic hydroxyl groups excluding tert-OH is 2. The van der Waals surface area contributed by atoms with E-state index in [0.29, 0.717) is 16.7 Å². The average Bonchev–Trinajstić information content (AvgIpc) is 3.80. The summed E-state index contributed by atoms with van der Waals surface area (Å²) in [5.41, 5.74) is 10.2. The summed E-state index contributed by atoms with van der Waals surface area (Å²) in [6, 6.07) is 16.0. The number of hydrogen-bond donors (Lipinski definition) is 3. The van der Waals surface area contributed by atoms with Crippen LogP contribution in [0.4, 0.5) is 8.78 Å². The summed E-state index contributed by atoms with van der Waals surface area (Å²) in [4.78, 5) is 18.2. The number of benzene rings is 3. The fourth-order valence-electron chi connectivity index (χ4n) is 6.21. The molecular formula is C36H47F2N3O3. The maximum atomic E-state index is 14.5. The number of carbonyl (C=O) groups is 1. The zero-order chi connectivity index (χ0) is 32.0. The highest BCUT2D eigenvalue weighted by atomic mass is 19.1. The molecular weight excluding hydrogens is 560 g/mol.